The Hall–Kier alpha value is -2.28. The second-order valence-electron chi connectivity index (χ2n) is 4.81. The summed E-state index contributed by atoms with van der Waals surface area (Å²) in [7, 11) is 0. The summed E-state index contributed by atoms with van der Waals surface area (Å²) in [4.78, 5) is 16.0. The summed E-state index contributed by atoms with van der Waals surface area (Å²) in [6.45, 7) is 0. The van der Waals surface area contributed by atoms with Crippen molar-refractivity contribution in [3.63, 3.8) is 0 Å². The van der Waals surface area contributed by atoms with Crippen LogP contribution in [0, 0.1) is 10.1 Å². The maximum absolute atomic E-state index is 10.6. The van der Waals surface area contributed by atoms with Gasteiger partial charge in [0.1, 0.15) is 0 Å². The Balaban J connectivity index is 1.63. The second kappa shape index (κ2) is 6.01. The minimum Gasteiger partial charge on any atom is -0.258 e. The van der Waals surface area contributed by atoms with E-state index < -0.39 is 4.92 Å². The molecule has 108 valence electrons. The van der Waals surface area contributed by atoms with Crippen LogP contribution >= 0.6 is 11.3 Å². The van der Waals surface area contributed by atoms with Crippen molar-refractivity contribution < 1.29 is 4.92 Å². The van der Waals surface area contributed by atoms with E-state index in [1.807, 2.05) is 0 Å². The van der Waals surface area contributed by atoms with Crippen molar-refractivity contribution in [3.8, 4) is 0 Å². The number of hydrogen-bond donors (Lipinski definition) is 1. The monoisotopic (exact) mass is 302 g/mol. The van der Waals surface area contributed by atoms with E-state index in [4.69, 9.17) is 0 Å². The van der Waals surface area contributed by atoms with Crippen LogP contribution < -0.4 is 5.43 Å². The Morgan fingerprint density at radius 3 is 2.76 bits per heavy atom. The predicted octanol–water partition coefficient (Wildman–Crippen LogP) is 3.38. The number of benzene rings is 1. The van der Waals surface area contributed by atoms with Gasteiger partial charge in [-0.1, -0.05) is 0 Å². The molecule has 0 amide bonds. The normalized spacial score (nSPS) is 14.1. The second-order valence-corrected chi connectivity index (χ2v) is 5.90. The number of hydrazone groups is 1. The first-order valence-corrected chi connectivity index (χ1v) is 7.56. The summed E-state index contributed by atoms with van der Waals surface area (Å²) < 4.78 is 0. The average Bonchev–Trinajstić information content (AvgIpc) is 2.90. The van der Waals surface area contributed by atoms with E-state index in [1.54, 1.807) is 29.7 Å². The lowest BCUT2D eigenvalue weighted by molar-refractivity contribution is -0.384. The summed E-state index contributed by atoms with van der Waals surface area (Å²) in [5.74, 6) is 0. The Morgan fingerprint density at radius 2 is 2.05 bits per heavy atom. The van der Waals surface area contributed by atoms with Gasteiger partial charge in [0, 0.05) is 17.0 Å². The average molecular weight is 302 g/mol. The Labute approximate surface area is 125 Å². The van der Waals surface area contributed by atoms with Crippen LogP contribution in [-0.4, -0.2) is 16.1 Å². The molecule has 1 aliphatic carbocycles. The van der Waals surface area contributed by atoms with Crippen molar-refractivity contribution in [2.75, 3.05) is 5.43 Å². The molecule has 0 spiro atoms. The summed E-state index contributed by atoms with van der Waals surface area (Å²) in [6.07, 6.45) is 6.24. The number of non-ortho nitro benzene ring substituents is 1. The molecule has 0 bridgehead atoms. The quantitative estimate of drug-likeness (QED) is 0.533. The van der Waals surface area contributed by atoms with Crippen LogP contribution in [0.3, 0.4) is 0 Å². The zero-order chi connectivity index (χ0) is 14.7. The van der Waals surface area contributed by atoms with E-state index in [-0.39, 0.29) is 5.69 Å². The lowest BCUT2D eigenvalue weighted by atomic mass is 10.0. The fourth-order valence-electron chi connectivity index (χ4n) is 2.24. The number of nitro benzene ring substituents is 1. The van der Waals surface area contributed by atoms with Crippen molar-refractivity contribution in [2.24, 2.45) is 5.10 Å². The van der Waals surface area contributed by atoms with E-state index in [0.29, 0.717) is 0 Å². The highest BCUT2D eigenvalue weighted by molar-refractivity contribution is 7.15. The van der Waals surface area contributed by atoms with E-state index in [9.17, 15) is 10.1 Å². The number of nitrogens with one attached hydrogen (secondary N) is 1. The first-order valence-electron chi connectivity index (χ1n) is 6.74. The Kier molecular flexibility index (Phi) is 3.92. The third kappa shape index (κ3) is 3.25. The van der Waals surface area contributed by atoms with E-state index >= 15 is 0 Å². The molecule has 0 saturated heterocycles. The fourth-order valence-corrected chi connectivity index (χ4v) is 3.24. The van der Waals surface area contributed by atoms with Crippen LogP contribution in [-0.2, 0) is 12.8 Å². The van der Waals surface area contributed by atoms with Crippen LogP contribution in [0.4, 0.5) is 10.8 Å². The fraction of sp³-hybridized carbons (Fsp3) is 0.286. The van der Waals surface area contributed by atoms with Crippen molar-refractivity contribution in [2.45, 2.75) is 25.7 Å². The molecule has 21 heavy (non-hydrogen) atoms. The number of aromatic nitrogens is 1. The molecule has 2 aromatic rings. The van der Waals surface area contributed by atoms with E-state index in [1.165, 1.54) is 35.5 Å². The molecule has 6 nitrogen and oxygen atoms in total. The summed E-state index contributed by atoms with van der Waals surface area (Å²) in [5, 5.41) is 15.5. The third-order valence-electron chi connectivity index (χ3n) is 3.32. The summed E-state index contributed by atoms with van der Waals surface area (Å²) >= 11 is 1.65. The topological polar surface area (TPSA) is 80.4 Å². The lowest BCUT2D eigenvalue weighted by Gasteiger charge is -2.06. The van der Waals surface area contributed by atoms with E-state index in [2.05, 4.69) is 15.5 Å². The highest BCUT2D eigenvalue weighted by Gasteiger charge is 2.14. The molecule has 1 aromatic carbocycles. The Bertz CT molecular complexity index is 655. The van der Waals surface area contributed by atoms with Gasteiger partial charge >= 0.3 is 0 Å². The molecule has 7 heteroatoms. The maximum Gasteiger partial charge on any atom is 0.269 e. The molecule has 0 saturated carbocycles. The number of aryl methyl sites for hydroxylation is 2. The van der Waals surface area contributed by atoms with Gasteiger partial charge in [-0.2, -0.15) is 5.10 Å². The minimum atomic E-state index is -0.417. The van der Waals surface area contributed by atoms with Gasteiger partial charge in [0.15, 0.2) is 0 Å². The van der Waals surface area contributed by atoms with Crippen LogP contribution in [0.2, 0.25) is 0 Å². The maximum atomic E-state index is 10.6. The van der Waals surface area contributed by atoms with Crippen LogP contribution in [0.5, 0.6) is 0 Å². The lowest BCUT2D eigenvalue weighted by Crippen LogP contribution is -1.99. The Morgan fingerprint density at radius 1 is 1.29 bits per heavy atom. The molecule has 1 N–H and O–H groups in total. The number of hydrogen-bond acceptors (Lipinski definition) is 6. The molecule has 3 rings (SSSR count). The van der Waals surface area contributed by atoms with Crippen molar-refractivity contribution >= 4 is 28.4 Å². The molecule has 1 aliphatic rings. The molecule has 0 unspecified atom stereocenters. The number of fused-ring (bicyclic) bond motifs is 1. The zero-order valence-electron chi connectivity index (χ0n) is 11.3. The van der Waals surface area contributed by atoms with Crippen molar-refractivity contribution in [1.29, 1.82) is 0 Å². The van der Waals surface area contributed by atoms with Gasteiger partial charge in [-0.05, 0) is 43.4 Å². The number of anilines is 1. The minimum absolute atomic E-state index is 0.0766. The number of nitro groups is 1. The van der Waals surface area contributed by atoms with Gasteiger partial charge in [0.2, 0.25) is 5.13 Å². The van der Waals surface area contributed by atoms with Gasteiger partial charge in [0.05, 0.1) is 16.8 Å². The predicted molar refractivity (Wildman–Crippen MR) is 83.1 cm³/mol. The van der Waals surface area contributed by atoms with Crippen molar-refractivity contribution in [3.05, 3.63) is 50.5 Å². The van der Waals surface area contributed by atoms with Gasteiger partial charge in [-0.3, -0.25) is 15.5 Å². The van der Waals surface area contributed by atoms with Gasteiger partial charge < -0.3 is 0 Å². The third-order valence-corrected chi connectivity index (χ3v) is 4.39. The number of nitrogens with zero attached hydrogens (tertiary/aromatic N) is 3. The van der Waals surface area contributed by atoms with Crippen LogP contribution in [0.25, 0.3) is 0 Å². The first kappa shape index (κ1) is 13.7. The highest BCUT2D eigenvalue weighted by Crippen LogP contribution is 2.29. The number of rotatable bonds is 4. The van der Waals surface area contributed by atoms with Gasteiger partial charge in [0.25, 0.3) is 5.69 Å². The summed E-state index contributed by atoms with van der Waals surface area (Å²) in [5.41, 5.74) is 5.00. The van der Waals surface area contributed by atoms with Crippen molar-refractivity contribution in [1.82, 2.24) is 4.98 Å². The SMILES string of the molecule is O=[N+]([O-])c1ccc(C=NNc2nc3c(s2)CCCC3)cc1. The van der Waals surface area contributed by atoms with Gasteiger partial charge in [-0.25, -0.2) is 4.98 Å². The molecule has 0 atom stereocenters. The smallest absolute Gasteiger partial charge is 0.258 e. The molecule has 0 fully saturated rings. The number of thiazole rings is 1. The van der Waals surface area contributed by atoms with Gasteiger partial charge in [-0.15, -0.1) is 11.3 Å². The van der Waals surface area contributed by atoms with E-state index in [0.717, 1.165) is 23.5 Å². The highest BCUT2D eigenvalue weighted by atomic mass is 32.1. The van der Waals surface area contributed by atoms with Crippen LogP contribution in [0.15, 0.2) is 29.4 Å². The zero-order valence-corrected chi connectivity index (χ0v) is 12.1. The molecular weight excluding hydrogens is 288 g/mol. The van der Waals surface area contributed by atoms with Crippen LogP contribution in [0.1, 0.15) is 29.0 Å². The molecule has 1 aromatic heterocycles. The standard InChI is InChI=1S/C14H14N4O2S/c19-18(20)11-7-5-10(6-8-11)9-15-17-14-16-12-3-1-2-4-13(12)21-14/h5-9H,1-4H2,(H,16,17). The molecule has 0 aliphatic heterocycles. The molecule has 1 heterocycles. The molecular formula is C14H14N4O2S. The largest absolute Gasteiger partial charge is 0.269 e. The first-order chi connectivity index (χ1) is 10.2. The molecule has 0 radical (unpaired) electrons. The summed E-state index contributed by atoms with van der Waals surface area (Å²) in [6, 6.07) is 6.25.